The zero-order valence-corrected chi connectivity index (χ0v) is 6.94. The van der Waals surface area contributed by atoms with Gasteiger partial charge in [-0.05, 0) is 13.0 Å². The first kappa shape index (κ1) is 9.03. The highest BCUT2D eigenvalue weighted by atomic mass is 16.3. The first-order valence-corrected chi connectivity index (χ1v) is 3.84. The summed E-state index contributed by atoms with van der Waals surface area (Å²) in [5.74, 6) is 0.0855. The van der Waals surface area contributed by atoms with Crippen molar-refractivity contribution >= 4 is 0 Å². The maximum absolute atomic E-state index is 9.49. The van der Waals surface area contributed by atoms with Crippen LogP contribution >= 0.6 is 0 Å². The Morgan fingerprint density at radius 3 is 2.42 bits per heavy atom. The summed E-state index contributed by atoms with van der Waals surface area (Å²) in [6, 6.07) is 6.26. The summed E-state index contributed by atoms with van der Waals surface area (Å²) < 4.78 is 0. The molecule has 0 radical (unpaired) electrons. The predicted molar refractivity (Wildman–Crippen MR) is 46.7 cm³/mol. The van der Waals surface area contributed by atoms with Gasteiger partial charge in [0.15, 0.2) is 0 Å². The number of phenols is 1. The Morgan fingerprint density at radius 2 is 1.92 bits per heavy atom. The number of aliphatic hydroxyl groups excluding tert-OH is 1. The molecule has 0 fully saturated rings. The number of nitrogens with two attached hydrogens (primary N) is 1. The van der Waals surface area contributed by atoms with Crippen LogP contribution in [-0.2, 0) is 0 Å². The van der Waals surface area contributed by atoms with Gasteiger partial charge in [0.25, 0.3) is 0 Å². The molecule has 1 aromatic rings. The van der Waals surface area contributed by atoms with Gasteiger partial charge >= 0.3 is 0 Å². The molecular formula is C9H13NO2. The Bertz CT molecular complexity index is 260. The van der Waals surface area contributed by atoms with E-state index in [4.69, 9.17) is 5.73 Å². The van der Waals surface area contributed by atoms with Crippen molar-refractivity contribution in [3.8, 4) is 5.75 Å². The van der Waals surface area contributed by atoms with E-state index in [9.17, 15) is 10.2 Å². The molecule has 4 N–H and O–H groups in total. The van der Waals surface area contributed by atoms with Gasteiger partial charge in [0.1, 0.15) is 5.75 Å². The number of hydrogen-bond acceptors (Lipinski definition) is 3. The Balaban J connectivity index is 2.94. The van der Waals surface area contributed by atoms with E-state index in [1.165, 1.54) is 6.07 Å². The van der Waals surface area contributed by atoms with Crippen LogP contribution in [-0.4, -0.2) is 16.3 Å². The third-order valence-electron chi connectivity index (χ3n) is 1.75. The fourth-order valence-corrected chi connectivity index (χ4v) is 1.02. The minimum absolute atomic E-state index is 0.0855. The molecule has 0 saturated carbocycles. The van der Waals surface area contributed by atoms with Gasteiger partial charge in [-0.3, -0.25) is 0 Å². The van der Waals surface area contributed by atoms with Crippen LogP contribution in [0.15, 0.2) is 24.3 Å². The number of aromatic hydroxyl groups is 1. The molecule has 0 aliphatic rings. The summed E-state index contributed by atoms with van der Waals surface area (Å²) in [4.78, 5) is 0. The monoisotopic (exact) mass is 167 g/mol. The number of rotatable bonds is 2. The van der Waals surface area contributed by atoms with Crippen LogP contribution in [0.25, 0.3) is 0 Å². The molecule has 66 valence electrons. The number of aliphatic hydroxyl groups is 1. The molecule has 0 spiro atoms. The minimum Gasteiger partial charge on any atom is -0.508 e. The molecule has 0 aliphatic heterocycles. The first-order chi connectivity index (χ1) is 5.63. The maximum Gasteiger partial charge on any atom is 0.121 e. The quantitative estimate of drug-likeness (QED) is 0.609. The van der Waals surface area contributed by atoms with Crippen LogP contribution in [0.3, 0.4) is 0 Å². The molecule has 1 aromatic carbocycles. The summed E-state index contributed by atoms with van der Waals surface area (Å²) in [6.07, 6.45) is -0.800. The first-order valence-electron chi connectivity index (χ1n) is 3.84. The molecule has 0 amide bonds. The van der Waals surface area contributed by atoms with Gasteiger partial charge in [-0.25, -0.2) is 0 Å². The lowest BCUT2D eigenvalue weighted by Gasteiger charge is -2.15. The molecule has 1 rings (SSSR count). The van der Waals surface area contributed by atoms with Crippen molar-refractivity contribution < 1.29 is 10.2 Å². The predicted octanol–water partition coefficient (Wildman–Crippen LogP) is 0.773. The Morgan fingerprint density at radius 1 is 1.33 bits per heavy atom. The molecular weight excluding hydrogens is 154 g/mol. The Labute approximate surface area is 71.5 Å². The fraction of sp³-hybridized carbons (Fsp3) is 0.333. The lowest BCUT2D eigenvalue weighted by atomic mass is 10.0. The summed E-state index contributed by atoms with van der Waals surface area (Å²) in [5.41, 5.74) is 5.95. The summed E-state index contributed by atoms with van der Waals surface area (Å²) in [5, 5.41) is 18.8. The SMILES string of the molecule is C[C@@H](N)[C@@H](O)c1ccccc1O. The van der Waals surface area contributed by atoms with Crippen molar-refractivity contribution in [2.75, 3.05) is 0 Å². The fourth-order valence-electron chi connectivity index (χ4n) is 1.02. The van der Waals surface area contributed by atoms with E-state index in [0.717, 1.165) is 0 Å². The Kier molecular flexibility index (Phi) is 2.68. The topological polar surface area (TPSA) is 66.5 Å². The van der Waals surface area contributed by atoms with Crippen LogP contribution in [0, 0.1) is 0 Å². The third-order valence-corrected chi connectivity index (χ3v) is 1.75. The second kappa shape index (κ2) is 3.56. The van der Waals surface area contributed by atoms with Gasteiger partial charge in [0.05, 0.1) is 6.10 Å². The lowest BCUT2D eigenvalue weighted by molar-refractivity contribution is 0.150. The summed E-state index contributed by atoms with van der Waals surface area (Å²) in [6.45, 7) is 1.69. The van der Waals surface area contributed by atoms with E-state index in [1.807, 2.05) is 0 Å². The van der Waals surface area contributed by atoms with Gasteiger partial charge in [0, 0.05) is 11.6 Å². The average molecular weight is 167 g/mol. The van der Waals surface area contributed by atoms with Crippen molar-refractivity contribution in [3.63, 3.8) is 0 Å². The highest BCUT2D eigenvalue weighted by Gasteiger charge is 2.14. The molecule has 12 heavy (non-hydrogen) atoms. The van der Waals surface area contributed by atoms with E-state index < -0.39 is 6.10 Å². The number of benzene rings is 1. The minimum atomic E-state index is -0.800. The second-order valence-electron chi connectivity index (χ2n) is 2.86. The second-order valence-corrected chi connectivity index (χ2v) is 2.86. The van der Waals surface area contributed by atoms with Crippen LogP contribution in [0.5, 0.6) is 5.75 Å². The van der Waals surface area contributed by atoms with E-state index in [0.29, 0.717) is 5.56 Å². The van der Waals surface area contributed by atoms with Crippen molar-refractivity contribution in [2.45, 2.75) is 19.1 Å². The number of hydrogen-bond donors (Lipinski definition) is 3. The molecule has 0 unspecified atom stereocenters. The molecule has 0 saturated heterocycles. The highest BCUT2D eigenvalue weighted by molar-refractivity contribution is 5.34. The zero-order valence-electron chi connectivity index (χ0n) is 6.94. The molecule has 3 nitrogen and oxygen atoms in total. The largest absolute Gasteiger partial charge is 0.508 e. The van der Waals surface area contributed by atoms with E-state index in [-0.39, 0.29) is 11.8 Å². The van der Waals surface area contributed by atoms with Gasteiger partial charge < -0.3 is 15.9 Å². The summed E-state index contributed by atoms with van der Waals surface area (Å²) in [7, 11) is 0. The van der Waals surface area contributed by atoms with Gasteiger partial charge in [-0.15, -0.1) is 0 Å². The summed E-state index contributed by atoms with van der Waals surface area (Å²) >= 11 is 0. The maximum atomic E-state index is 9.49. The highest BCUT2D eigenvalue weighted by Crippen LogP contribution is 2.24. The number of phenolic OH excluding ortho intramolecular Hbond substituents is 1. The zero-order chi connectivity index (χ0) is 9.14. The van der Waals surface area contributed by atoms with Crippen LogP contribution < -0.4 is 5.73 Å². The Hall–Kier alpha value is -1.06. The molecule has 0 bridgehead atoms. The third kappa shape index (κ3) is 1.75. The molecule has 3 heteroatoms. The van der Waals surface area contributed by atoms with Crippen molar-refractivity contribution in [1.29, 1.82) is 0 Å². The van der Waals surface area contributed by atoms with Crippen LogP contribution in [0.4, 0.5) is 0 Å². The lowest BCUT2D eigenvalue weighted by Crippen LogP contribution is -2.24. The molecule has 0 aromatic heterocycles. The molecule has 0 aliphatic carbocycles. The van der Waals surface area contributed by atoms with Crippen LogP contribution in [0.1, 0.15) is 18.6 Å². The van der Waals surface area contributed by atoms with Gasteiger partial charge in [-0.2, -0.15) is 0 Å². The number of para-hydroxylation sites is 1. The van der Waals surface area contributed by atoms with Crippen molar-refractivity contribution in [3.05, 3.63) is 29.8 Å². The van der Waals surface area contributed by atoms with Crippen LogP contribution in [0.2, 0.25) is 0 Å². The average Bonchev–Trinajstić information content (AvgIpc) is 2.04. The van der Waals surface area contributed by atoms with Crippen molar-refractivity contribution in [2.24, 2.45) is 5.73 Å². The van der Waals surface area contributed by atoms with E-state index >= 15 is 0 Å². The molecule has 0 heterocycles. The van der Waals surface area contributed by atoms with E-state index in [2.05, 4.69) is 0 Å². The van der Waals surface area contributed by atoms with E-state index in [1.54, 1.807) is 25.1 Å². The van der Waals surface area contributed by atoms with Crippen molar-refractivity contribution in [1.82, 2.24) is 0 Å². The molecule has 2 atom stereocenters. The normalized spacial score (nSPS) is 15.6. The van der Waals surface area contributed by atoms with Gasteiger partial charge in [-0.1, -0.05) is 18.2 Å². The standard InChI is InChI=1S/C9H13NO2/c1-6(10)9(12)7-4-2-3-5-8(7)11/h2-6,9,11-12H,10H2,1H3/t6-,9-/m1/s1. The van der Waals surface area contributed by atoms with Gasteiger partial charge in [0.2, 0.25) is 0 Å². The smallest absolute Gasteiger partial charge is 0.121 e.